The lowest BCUT2D eigenvalue weighted by Gasteiger charge is -2.34. The van der Waals surface area contributed by atoms with Gasteiger partial charge in [0.1, 0.15) is 16.5 Å². The number of rotatable bonds is 4. The van der Waals surface area contributed by atoms with Crippen LogP contribution in [0.15, 0.2) is 30.3 Å². The van der Waals surface area contributed by atoms with Gasteiger partial charge in [0.15, 0.2) is 0 Å². The first-order valence-corrected chi connectivity index (χ1v) is 12.9. The quantitative estimate of drug-likeness (QED) is 0.570. The van der Waals surface area contributed by atoms with Crippen LogP contribution < -0.4 is 4.90 Å². The van der Waals surface area contributed by atoms with Crippen LogP contribution in [0.4, 0.5) is 5.82 Å². The number of carbonyl (C=O) groups is 1. The highest BCUT2D eigenvalue weighted by molar-refractivity contribution is 7.20. The van der Waals surface area contributed by atoms with Crippen molar-refractivity contribution < 1.29 is 4.79 Å². The third kappa shape index (κ3) is 4.62. The van der Waals surface area contributed by atoms with Crippen LogP contribution in [0.3, 0.4) is 0 Å². The number of thiophene rings is 1. The molecule has 2 aromatic heterocycles. The van der Waals surface area contributed by atoms with E-state index in [0.717, 1.165) is 84.0 Å². The molecule has 5 rings (SSSR count). The summed E-state index contributed by atoms with van der Waals surface area (Å²) in [4.78, 5) is 31.7. The lowest BCUT2D eigenvalue weighted by Crippen LogP contribution is -2.48. The third-order valence-corrected chi connectivity index (χ3v) is 8.24. The Balaban J connectivity index is 1.34. The molecule has 0 unspecified atom stereocenters. The molecule has 2 saturated heterocycles. The first-order chi connectivity index (χ1) is 16.0. The van der Waals surface area contributed by atoms with Gasteiger partial charge in [-0.05, 0) is 43.7 Å². The number of fused-ring (bicyclic) bond motifs is 1. The standard InChI is InChI=1S/C26H33N5OS/c1-18-9-11-30(12-10-18)24-22-19(2)23(33-25(22)28-20(3)27-24)26(32)31-15-13-29(14-16-31)17-21-7-5-4-6-8-21/h4-8,18H,9-17H2,1-3H3. The number of aromatic nitrogens is 2. The van der Waals surface area contributed by atoms with Crippen LogP contribution in [-0.4, -0.2) is 64.9 Å². The molecule has 0 bridgehead atoms. The zero-order valence-corrected chi connectivity index (χ0v) is 20.7. The minimum absolute atomic E-state index is 0.144. The van der Waals surface area contributed by atoms with Gasteiger partial charge in [-0.25, -0.2) is 9.97 Å². The maximum atomic E-state index is 13.5. The molecule has 4 heterocycles. The van der Waals surface area contributed by atoms with Crippen LogP contribution >= 0.6 is 11.3 Å². The minimum Gasteiger partial charge on any atom is -0.356 e. The Morgan fingerprint density at radius 1 is 1.00 bits per heavy atom. The molecule has 0 radical (unpaired) electrons. The largest absolute Gasteiger partial charge is 0.356 e. The summed E-state index contributed by atoms with van der Waals surface area (Å²) >= 11 is 1.54. The Hall–Kier alpha value is -2.51. The maximum Gasteiger partial charge on any atom is 0.264 e. The monoisotopic (exact) mass is 463 g/mol. The van der Waals surface area contributed by atoms with Crippen LogP contribution in [0.1, 0.15) is 46.4 Å². The van der Waals surface area contributed by atoms with E-state index in [1.165, 1.54) is 29.7 Å². The average Bonchev–Trinajstić information content (AvgIpc) is 3.16. The van der Waals surface area contributed by atoms with Crippen molar-refractivity contribution in [2.24, 2.45) is 5.92 Å². The van der Waals surface area contributed by atoms with Crippen molar-refractivity contribution in [2.75, 3.05) is 44.2 Å². The lowest BCUT2D eigenvalue weighted by atomic mass is 9.99. The molecular weight excluding hydrogens is 430 g/mol. The number of anilines is 1. The van der Waals surface area contributed by atoms with Gasteiger partial charge >= 0.3 is 0 Å². The van der Waals surface area contributed by atoms with Gasteiger partial charge in [0.05, 0.1) is 10.3 Å². The summed E-state index contributed by atoms with van der Waals surface area (Å²) in [7, 11) is 0. The Morgan fingerprint density at radius 2 is 1.70 bits per heavy atom. The molecule has 2 aliphatic heterocycles. The number of carbonyl (C=O) groups excluding carboxylic acids is 1. The zero-order valence-electron chi connectivity index (χ0n) is 19.9. The number of nitrogens with zero attached hydrogens (tertiary/aromatic N) is 5. The predicted octanol–water partition coefficient (Wildman–Crippen LogP) is 4.50. The molecule has 0 saturated carbocycles. The summed E-state index contributed by atoms with van der Waals surface area (Å²) in [6.07, 6.45) is 2.37. The molecule has 3 aromatic rings. The second-order valence-corrected chi connectivity index (χ2v) is 10.6. The first kappa shape index (κ1) is 22.3. The van der Waals surface area contributed by atoms with E-state index in [-0.39, 0.29) is 5.91 Å². The number of piperidine rings is 1. The second-order valence-electron chi connectivity index (χ2n) is 9.55. The van der Waals surface area contributed by atoms with E-state index in [2.05, 4.69) is 54.0 Å². The van der Waals surface area contributed by atoms with Gasteiger partial charge in [-0.1, -0.05) is 37.3 Å². The molecule has 0 atom stereocenters. The number of hydrogen-bond acceptors (Lipinski definition) is 6. The van der Waals surface area contributed by atoms with E-state index < -0.39 is 0 Å². The minimum atomic E-state index is 0.144. The molecule has 0 aliphatic carbocycles. The summed E-state index contributed by atoms with van der Waals surface area (Å²) in [5.74, 6) is 2.71. The fourth-order valence-corrected chi connectivity index (χ4v) is 6.16. The molecule has 0 spiro atoms. The van der Waals surface area contributed by atoms with E-state index in [0.29, 0.717) is 0 Å². The first-order valence-electron chi connectivity index (χ1n) is 12.1. The predicted molar refractivity (Wildman–Crippen MR) is 135 cm³/mol. The van der Waals surface area contributed by atoms with E-state index in [1.807, 2.05) is 11.8 Å². The molecule has 7 heteroatoms. The van der Waals surface area contributed by atoms with E-state index in [9.17, 15) is 4.79 Å². The van der Waals surface area contributed by atoms with Crippen molar-refractivity contribution >= 4 is 33.3 Å². The van der Waals surface area contributed by atoms with Crippen molar-refractivity contribution in [3.8, 4) is 0 Å². The number of aryl methyl sites for hydroxylation is 2. The van der Waals surface area contributed by atoms with Gasteiger partial charge < -0.3 is 9.80 Å². The van der Waals surface area contributed by atoms with Crippen LogP contribution in [0.2, 0.25) is 0 Å². The number of benzene rings is 1. The van der Waals surface area contributed by atoms with Crippen LogP contribution in [0.5, 0.6) is 0 Å². The smallest absolute Gasteiger partial charge is 0.264 e. The summed E-state index contributed by atoms with van der Waals surface area (Å²) in [5.41, 5.74) is 2.37. The molecule has 2 aliphatic rings. The fourth-order valence-electron chi connectivity index (χ4n) is 4.97. The van der Waals surface area contributed by atoms with E-state index >= 15 is 0 Å². The fraction of sp³-hybridized carbons (Fsp3) is 0.500. The normalized spacial score (nSPS) is 18.3. The van der Waals surface area contributed by atoms with Crippen LogP contribution in [0, 0.1) is 19.8 Å². The van der Waals surface area contributed by atoms with Gasteiger partial charge in [-0.3, -0.25) is 9.69 Å². The number of piperazine rings is 1. The molecule has 0 N–H and O–H groups in total. The van der Waals surface area contributed by atoms with Gasteiger partial charge in [-0.2, -0.15) is 0 Å². The summed E-state index contributed by atoms with van der Waals surface area (Å²) < 4.78 is 0. The molecule has 174 valence electrons. The van der Waals surface area contributed by atoms with Crippen molar-refractivity contribution in [3.63, 3.8) is 0 Å². The third-order valence-electron chi connectivity index (χ3n) is 7.07. The highest BCUT2D eigenvalue weighted by atomic mass is 32.1. The lowest BCUT2D eigenvalue weighted by molar-refractivity contribution is 0.0632. The highest BCUT2D eigenvalue weighted by Gasteiger charge is 2.28. The summed E-state index contributed by atoms with van der Waals surface area (Å²) in [6.45, 7) is 12.7. The second kappa shape index (κ2) is 9.39. The number of amides is 1. The van der Waals surface area contributed by atoms with E-state index in [4.69, 9.17) is 9.97 Å². The SMILES string of the molecule is Cc1nc(N2CCC(C)CC2)c2c(C)c(C(=O)N3CCN(Cc4ccccc4)CC3)sc2n1. The summed E-state index contributed by atoms with van der Waals surface area (Å²) in [5, 5.41) is 1.08. The van der Waals surface area contributed by atoms with Gasteiger partial charge in [0.2, 0.25) is 0 Å². The topological polar surface area (TPSA) is 52.6 Å². The Labute approximate surface area is 200 Å². The number of hydrogen-bond donors (Lipinski definition) is 0. The van der Waals surface area contributed by atoms with Gasteiger partial charge in [0, 0.05) is 45.8 Å². The van der Waals surface area contributed by atoms with Crippen molar-refractivity contribution in [1.29, 1.82) is 0 Å². The van der Waals surface area contributed by atoms with Crippen LogP contribution in [-0.2, 0) is 6.54 Å². The molecule has 6 nitrogen and oxygen atoms in total. The van der Waals surface area contributed by atoms with Crippen molar-refractivity contribution in [1.82, 2.24) is 19.8 Å². The maximum absolute atomic E-state index is 13.5. The van der Waals surface area contributed by atoms with Gasteiger partial charge in [0.25, 0.3) is 5.91 Å². The van der Waals surface area contributed by atoms with Crippen LogP contribution in [0.25, 0.3) is 10.2 Å². The zero-order chi connectivity index (χ0) is 22.9. The average molecular weight is 464 g/mol. The molecule has 2 fully saturated rings. The highest BCUT2D eigenvalue weighted by Crippen LogP contribution is 2.37. The van der Waals surface area contributed by atoms with E-state index in [1.54, 1.807) is 0 Å². The van der Waals surface area contributed by atoms with Crippen molar-refractivity contribution in [2.45, 2.75) is 40.2 Å². The Kier molecular flexibility index (Phi) is 6.34. The molecular formula is C26H33N5OS. The Morgan fingerprint density at radius 3 is 2.39 bits per heavy atom. The molecule has 1 amide bonds. The van der Waals surface area contributed by atoms with Gasteiger partial charge in [-0.15, -0.1) is 11.3 Å². The molecule has 1 aromatic carbocycles. The summed E-state index contributed by atoms with van der Waals surface area (Å²) in [6, 6.07) is 10.6. The Bertz CT molecular complexity index is 1130. The molecule has 33 heavy (non-hydrogen) atoms. The van der Waals surface area contributed by atoms with Crippen molar-refractivity contribution in [3.05, 3.63) is 52.2 Å².